The van der Waals surface area contributed by atoms with E-state index in [2.05, 4.69) is 10.2 Å². The third-order valence-electron chi connectivity index (χ3n) is 2.49. The van der Waals surface area contributed by atoms with Crippen molar-refractivity contribution < 1.29 is 8.42 Å². The molecule has 1 aromatic heterocycles. The predicted octanol–water partition coefficient (Wildman–Crippen LogP) is 1.17. The Balaban J connectivity index is 2.91. The van der Waals surface area contributed by atoms with Crippen LogP contribution >= 0.6 is 11.8 Å². The van der Waals surface area contributed by atoms with E-state index in [0.717, 1.165) is 12.2 Å². The minimum absolute atomic E-state index is 0.0231. The van der Waals surface area contributed by atoms with Crippen molar-refractivity contribution in [2.45, 2.75) is 24.3 Å². The fourth-order valence-corrected chi connectivity index (χ4v) is 3.69. The predicted molar refractivity (Wildman–Crippen MR) is 66.0 cm³/mol. The van der Waals surface area contributed by atoms with Crippen LogP contribution in [0.3, 0.4) is 0 Å². The van der Waals surface area contributed by atoms with Crippen molar-refractivity contribution in [1.29, 1.82) is 0 Å². The van der Waals surface area contributed by atoms with E-state index in [1.807, 2.05) is 13.2 Å². The minimum atomic E-state index is -3.40. The van der Waals surface area contributed by atoms with Crippen molar-refractivity contribution in [2.24, 2.45) is 0 Å². The molecular weight excluding hydrogens is 246 g/mol. The van der Waals surface area contributed by atoms with Gasteiger partial charge in [0.15, 0.2) is 0 Å². The molecule has 1 atom stereocenters. The molecule has 1 unspecified atom stereocenters. The van der Waals surface area contributed by atoms with Gasteiger partial charge in [-0.15, -0.1) is 0 Å². The molecule has 0 spiro atoms. The van der Waals surface area contributed by atoms with Gasteiger partial charge < -0.3 is 0 Å². The number of rotatable bonds is 6. The molecule has 0 aromatic carbocycles. The summed E-state index contributed by atoms with van der Waals surface area (Å²) in [4.78, 5) is 0.217. The molecule has 7 heteroatoms. The number of sulfonamides is 1. The number of aromatic amines is 1. The van der Waals surface area contributed by atoms with Crippen LogP contribution in [-0.4, -0.2) is 48.0 Å². The van der Waals surface area contributed by atoms with E-state index in [1.54, 1.807) is 18.8 Å². The van der Waals surface area contributed by atoms with E-state index in [9.17, 15) is 8.42 Å². The maximum absolute atomic E-state index is 12.1. The summed E-state index contributed by atoms with van der Waals surface area (Å²) in [5.41, 5.74) is 0. The molecule has 0 bridgehead atoms. The van der Waals surface area contributed by atoms with Crippen molar-refractivity contribution in [3.05, 3.63) is 12.4 Å². The summed E-state index contributed by atoms with van der Waals surface area (Å²) in [6.45, 7) is 1.99. The SMILES string of the molecule is CCC(CSC)N(C)S(=O)(=O)c1cn[nH]c1. The minimum Gasteiger partial charge on any atom is -0.284 e. The summed E-state index contributed by atoms with van der Waals surface area (Å²) < 4.78 is 25.7. The third-order valence-corrected chi connectivity index (χ3v) is 5.09. The average molecular weight is 263 g/mol. The van der Waals surface area contributed by atoms with Crippen LogP contribution in [0.2, 0.25) is 0 Å². The van der Waals surface area contributed by atoms with Gasteiger partial charge in [-0.3, -0.25) is 5.10 Å². The molecule has 0 aliphatic carbocycles. The molecule has 0 fully saturated rings. The Morgan fingerprint density at radius 3 is 2.75 bits per heavy atom. The van der Waals surface area contributed by atoms with Crippen molar-refractivity contribution >= 4 is 21.8 Å². The average Bonchev–Trinajstić information content (AvgIpc) is 2.78. The van der Waals surface area contributed by atoms with Crippen LogP contribution in [0.25, 0.3) is 0 Å². The van der Waals surface area contributed by atoms with Crippen molar-refractivity contribution in [3.63, 3.8) is 0 Å². The van der Waals surface area contributed by atoms with Gasteiger partial charge in [0.1, 0.15) is 4.90 Å². The first-order valence-corrected chi connectivity index (χ1v) is 7.83. The van der Waals surface area contributed by atoms with Gasteiger partial charge in [0.05, 0.1) is 6.20 Å². The zero-order chi connectivity index (χ0) is 12.2. The highest BCUT2D eigenvalue weighted by molar-refractivity contribution is 7.98. The van der Waals surface area contributed by atoms with Gasteiger partial charge in [-0.05, 0) is 12.7 Å². The number of thioether (sulfide) groups is 1. The molecule has 5 nitrogen and oxygen atoms in total. The number of aromatic nitrogens is 2. The Morgan fingerprint density at radius 2 is 2.31 bits per heavy atom. The fraction of sp³-hybridized carbons (Fsp3) is 0.667. The summed E-state index contributed by atoms with van der Waals surface area (Å²) in [5, 5.41) is 6.18. The van der Waals surface area contributed by atoms with Crippen LogP contribution in [0.1, 0.15) is 13.3 Å². The second-order valence-corrected chi connectivity index (χ2v) is 6.38. The van der Waals surface area contributed by atoms with Gasteiger partial charge in [-0.1, -0.05) is 6.92 Å². The van der Waals surface area contributed by atoms with Gasteiger partial charge in [-0.25, -0.2) is 8.42 Å². The third kappa shape index (κ3) is 2.78. The Kier molecular flexibility index (Phi) is 4.82. The summed E-state index contributed by atoms with van der Waals surface area (Å²) in [5.74, 6) is 0.796. The summed E-state index contributed by atoms with van der Waals surface area (Å²) in [7, 11) is -1.79. The van der Waals surface area contributed by atoms with Crippen LogP contribution in [0.5, 0.6) is 0 Å². The molecule has 16 heavy (non-hydrogen) atoms. The van der Waals surface area contributed by atoms with Crippen molar-refractivity contribution in [1.82, 2.24) is 14.5 Å². The number of H-pyrrole nitrogens is 1. The molecule has 0 saturated heterocycles. The zero-order valence-electron chi connectivity index (χ0n) is 9.67. The highest BCUT2D eigenvalue weighted by Gasteiger charge is 2.27. The van der Waals surface area contributed by atoms with Crippen LogP contribution in [-0.2, 0) is 10.0 Å². The summed E-state index contributed by atoms with van der Waals surface area (Å²) in [6.07, 6.45) is 5.50. The first-order valence-electron chi connectivity index (χ1n) is 4.99. The molecule has 1 rings (SSSR count). The van der Waals surface area contributed by atoms with Crippen LogP contribution in [0.15, 0.2) is 17.3 Å². The van der Waals surface area contributed by atoms with Crippen molar-refractivity contribution in [3.8, 4) is 0 Å². The van der Waals surface area contributed by atoms with Gasteiger partial charge in [-0.2, -0.15) is 21.2 Å². The topological polar surface area (TPSA) is 66.1 Å². The van der Waals surface area contributed by atoms with Crippen molar-refractivity contribution in [2.75, 3.05) is 19.1 Å². The van der Waals surface area contributed by atoms with E-state index >= 15 is 0 Å². The number of hydrogen-bond acceptors (Lipinski definition) is 4. The first-order chi connectivity index (χ1) is 7.54. The lowest BCUT2D eigenvalue weighted by atomic mass is 10.3. The number of nitrogens with zero attached hydrogens (tertiary/aromatic N) is 2. The van der Waals surface area contributed by atoms with Gasteiger partial charge in [0.2, 0.25) is 10.0 Å². The van der Waals surface area contributed by atoms with E-state index in [-0.39, 0.29) is 10.9 Å². The molecular formula is C9H17N3O2S2. The number of nitrogens with one attached hydrogen (secondary N) is 1. The van der Waals surface area contributed by atoms with E-state index in [0.29, 0.717) is 0 Å². The lowest BCUT2D eigenvalue weighted by Gasteiger charge is -2.25. The molecule has 1 heterocycles. The Hall–Kier alpha value is -0.530. The second-order valence-electron chi connectivity index (χ2n) is 3.47. The molecule has 0 amide bonds. The maximum atomic E-state index is 12.1. The molecule has 0 saturated carbocycles. The van der Waals surface area contributed by atoms with Gasteiger partial charge in [0.25, 0.3) is 0 Å². The largest absolute Gasteiger partial charge is 0.284 e. The van der Waals surface area contributed by atoms with Crippen LogP contribution < -0.4 is 0 Å². The van der Waals surface area contributed by atoms with E-state index in [1.165, 1.54) is 16.7 Å². The Bertz CT molecular complexity index is 402. The van der Waals surface area contributed by atoms with Gasteiger partial charge in [0, 0.05) is 25.0 Å². The summed E-state index contributed by atoms with van der Waals surface area (Å²) in [6, 6.07) is 0.0231. The molecule has 0 radical (unpaired) electrons. The molecule has 92 valence electrons. The van der Waals surface area contributed by atoms with E-state index in [4.69, 9.17) is 0 Å². The Morgan fingerprint density at radius 1 is 1.62 bits per heavy atom. The molecule has 0 aliphatic rings. The van der Waals surface area contributed by atoms with Gasteiger partial charge >= 0.3 is 0 Å². The zero-order valence-corrected chi connectivity index (χ0v) is 11.3. The fourth-order valence-electron chi connectivity index (χ4n) is 1.41. The highest BCUT2D eigenvalue weighted by Crippen LogP contribution is 2.18. The van der Waals surface area contributed by atoms with Crippen LogP contribution in [0.4, 0.5) is 0 Å². The maximum Gasteiger partial charge on any atom is 0.246 e. The molecule has 0 aliphatic heterocycles. The van der Waals surface area contributed by atoms with Crippen LogP contribution in [0, 0.1) is 0 Å². The number of hydrogen-bond donors (Lipinski definition) is 1. The second kappa shape index (κ2) is 5.70. The molecule has 1 N–H and O–H groups in total. The standard InChI is InChI=1S/C9H17N3O2S2/c1-4-8(7-15-3)12(2)16(13,14)9-5-10-11-6-9/h5-6,8H,4,7H2,1-3H3,(H,10,11). The monoisotopic (exact) mass is 263 g/mol. The molecule has 1 aromatic rings. The lowest BCUT2D eigenvalue weighted by Crippen LogP contribution is -2.38. The quantitative estimate of drug-likeness (QED) is 0.836. The normalized spacial score (nSPS) is 14.2. The van der Waals surface area contributed by atoms with E-state index < -0.39 is 10.0 Å². The lowest BCUT2D eigenvalue weighted by molar-refractivity contribution is 0.385. The first kappa shape index (κ1) is 13.5. The Labute approximate surface area is 101 Å². The summed E-state index contributed by atoms with van der Waals surface area (Å²) >= 11 is 1.65. The smallest absolute Gasteiger partial charge is 0.246 e. The highest BCUT2D eigenvalue weighted by atomic mass is 32.2.